The van der Waals surface area contributed by atoms with Crippen LogP contribution in [-0.2, 0) is 9.59 Å². The molecule has 0 aliphatic carbocycles. The summed E-state index contributed by atoms with van der Waals surface area (Å²) in [4.78, 5) is 31.7. The Morgan fingerprint density at radius 3 is 2.38 bits per heavy atom. The number of carbonyl (C=O) groups is 2. The third-order valence-electron chi connectivity index (χ3n) is 5.41. The molecule has 34 heavy (non-hydrogen) atoms. The number of nitrogens with one attached hydrogen (secondary N) is 1. The predicted octanol–water partition coefficient (Wildman–Crippen LogP) is 5.63. The van der Waals surface area contributed by atoms with Crippen LogP contribution < -0.4 is 14.8 Å². The van der Waals surface area contributed by atoms with Crippen LogP contribution in [0.3, 0.4) is 0 Å². The van der Waals surface area contributed by atoms with E-state index in [0.717, 1.165) is 23.6 Å². The van der Waals surface area contributed by atoms with E-state index in [-0.39, 0.29) is 18.2 Å². The summed E-state index contributed by atoms with van der Waals surface area (Å²) < 4.78 is 10.9. The van der Waals surface area contributed by atoms with Gasteiger partial charge in [0.15, 0.2) is 5.17 Å². The number of hydrogen-bond donors (Lipinski definition) is 1. The number of aliphatic imine (C=N–C) groups is 1. The van der Waals surface area contributed by atoms with E-state index in [1.165, 1.54) is 31.0 Å². The van der Waals surface area contributed by atoms with Gasteiger partial charge in [-0.1, -0.05) is 37.9 Å². The van der Waals surface area contributed by atoms with Gasteiger partial charge in [-0.15, -0.1) is 0 Å². The molecule has 8 heteroatoms. The second-order valence-electron chi connectivity index (χ2n) is 7.97. The summed E-state index contributed by atoms with van der Waals surface area (Å²) in [6, 6.07) is 14.7. The van der Waals surface area contributed by atoms with Crippen molar-refractivity contribution < 1.29 is 19.1 Å². The minimum Gasteiger partial charge on any atom is -0.497 e. The molecule has 1 aliphatic rings. The number of unbranched alkanes of at least 4 members (excludes halogenated alkanes) is 3. The van der Waals surface area contributed by atoms with E-state index in [2.05, 4.69) is 17.2 Å². The van der Waals surface area contributed by atoms with Crippen LogP contribution in [-0.4, -0.2) is 47.4 Å². The first-order chi connectivity index (χ1) is 16.5. The van der Waals surface area contributed by atoms with E-state index < -0.39 is 5.25 Å². The lowest BCUT2D eigenvalue weighted by Gasteiger charge is -2.13. The maximum absolute atomic E-state index is 12.8. The fourth-order valence-corrected chi connectivity index (χ4v) is 4.74. The van der Waals surface area contributed by atoms with Crippen LogP contribution in [0.25, 0.3) is 0 Å². The number of ether oxygens (including phenoxy) is 2. The maximum atomic E-state index is 12.8. The van der Waals surface area contributed by atoms with Crippen molar-refractivity contribution >= 4 is 40.1 Å². The summed E-state index contributed by atoms with van der Waals surface area (Å²) in [7, 11) is 1.61. The lowest BCUT2D eigenvalue weighted by Crippen LogP contribution is -2.33. The molecule has 182 valence electrons. The normalized spacial score (nSPS) is 16.7. The van der Waals surface area contributed by atoms with Crippen molar-refractivity contribution in [2.75, 3.05) is 25.6 Å². The fraction of sp³-hybridized carbons (Fsp3) is 0.423. The molecule has 0 spiro atoms. The average Bonchev–Trinajstić information content (AvgIpc) is 3.13. The smallest absolute Gasteiger partial charge is 0.242 e. The summed E-state index contributed by atoms with van der Waals surface area (Å²) in [5, 5.41) is 2.99. The predicted molar refractivity (Wildman–Crippen MR) is 138 cm³/mol. The Morgan fingerprint density at radius 1 is 1.03 bits per heavy atom. The molecule has 1 fully saturated rings. The zero-order valence-electron chi connectivity index (χ0n) is 20.1. The van der Waals surface area contributed by atoms with Gasteiger partial charge >= 0.3 is 0 Å². The number of hydrogen-bond acceptors (Lipinski definition) is 6. The molecule has 2 amide bonds. The van der Waals surface area contributed by atoms with E-state index in [1.54, 1.807) is 12.0 Å². The Labute approximate surface area is 205 Å². The number of rotatable bonds is 12. The van der Waals surface area contributed by atoms with Crippen molar-refractivity contribution in [1.82, 2.24) is 4.90 Å². The molecular formula is C26H33N3O4S. The maximum Gasteiger partial charge on any atom is 0.242 e. The molecule has 1 heterocycles. The molecule has 2 aromatic rings. The zero-order valence-corrected chi connectivity index (χ0v) is 20.9. The van der Waals surface area contributed by atoms with Crippen molar-refractivity contribution in [1.29, 1.82) is 0 Å². The van der Waals surface area contributed by atoms with Gasteiger partial charge in [-0.3, -0.25) is 14.5 Å². The second-order valence-corrected chi connectivity index (χ2v) is 9.14. The molecular weight excluding hydrogens is 450 g/mol. The van der Waals surface area contributed by atoms with Crippen LogP contribution in [0.15, 0.2) is 53.5 Å². The monoisotopic (exact) mass is 483 g/mol. The minimum atomic E-state index is -0.498. The highest BCUT2D eigenvalue weighted by Gasteiger charge is 2.38. The number of benzene rings is 2. The van der Waals surface area contributed by atoms with Gasteiger partial charge in [0, 0.05) is 18.7 Å². The number of anilines is 1. The fourth-order valence-electron chi connectivity index (χ4n) is 3.52. The van der Waals surface area contributed by atoms with E-state index in [4.69, 9.17) is 9.47 Å². The summed E-state index contributed by atoms with van der Waals surface area (Å²) in [5.41, 5.74) is 1.41. The topological polar surface area (TPSA) is 80.2 Å². The quantitative estimate of drug-likeness (QED) is 0.396. The number of amidine groups is 1. The third-order valence-corrected chi connectivity index (χ3v) is 6.58. The summed E-state index contributed by atoms with van der Waals surface area (Å²) in [6.07, 6.45) is 4.72. The van der Waals surface area contributed by atoms with E-state index >= 15 is 0 Å². The summed E-state index contributed by atoms with van der Waals surface area (Å²) >= 11 is 1.33. The average molecular weight is 484 g/mol. The van der Waals surface area contributed by atoms with Crippen LogP contribution in [0.2, 0.25) is 0 Å². The largest absolute Gasteiger partial charge is 0.497 e. The minimum absolute atomic E-state index is 0.0807. The summed E-state index contributed by atoms with van der Waals surface area (Å²) in [6.45, 7) is 5.28. The standard InChI is InChI=1S/C26H33N3O4S/c1-4-6-7-8-17-33-22-15-11-19(12-16-22)27-24(30)18-23-25(31)29(5-2)26(34-23)28-20-9-13-21(32-3)14-10-20/h9-16,23H,4-8,17-18H2,1-3H3,(H,27,30). The molecule has 2 aromatic carbocycles. The zero-order chi connectivity index (χ0) is 24.3. The molecule has 0 aromatic heterocycles. The first-order valence-corrected chi connectivity index (χ1v) is 12.7. The SMILES string of the molecule is CCCCCCOc1ccc(NC(=O)CC2SC(=Nc3ccc(OC)cc3)N(CC)C2=O)cc1. The van der Waals surface area contributed by atoms with Crippen molar-refractivity contribution in [3.8, 4) is 11.5 Å². The number of thioether (sulfide) groups is 1. The van der Waals surface area contributed by atoms with Gasteiger partial charge in [0.25, 0.3) is 0 Å². The van der Waals surface area contributed by atoms with Crippen LogP contribution in [0.5, 0.6) is 11.5 Å². The molecule has 1 unspecified atom stereocenters. The highest BCUT2D eigenvalue weighted by Crippen LogP contribution is 2.32. The Hall–Kier alpha value is -3.00. The van der Waals surface area contributed by atoms with E-state index in [9.17, 15) is 9.59 Å². The molecule has 0 saturated carbocycles. The van der Waals surface area contributed by atoms with Gasteiger partial charge in [-0.05, 0) is 61.9 Å². The van der Waals surface area contributed by atoms with E-state index in [1.807, 2.05) is 55.5 Å². The van der Waals surface area contributed by atoms with Crippen LogP contribution in [0.4, 0.5) is 11.4 Å². The summed E-state index contributed by atoms with van der Waals surface area (Å²) in [5.74, 6) is 1.23. The molecule has 3 rings (SSSR count). The van der Waals surface area contributed by atoms with Crippen molar-refractivity contribution in [2.45, 2.75) is 51.2 Å². The highest BCUT2D eigenvalue weighted by molar-refractivity contribution is 8.15. The lowest BCUT2D eigenvalue weighted by atomic mass is 10.2. The third kappa shape index (κ3) is 7.25. The van der Waals surface area contributed by atoms with Crippen LogP contribution >= 0.6 is 11.8 Å². The van der Waals surface area contributed by atoms with Gasteiger partial charge in [-0.2, -0.15) is 0 Å². The Kier molecular flexibility index (Phi) is 9.82. The molecule has 0 bridgehead atoms. The van der Waals surface area contributed by atoms with Crippen molar-refractivity contribution in [2.24, 2.45) is 4.99 Å². The van der Waals surface area contributed by atoms with E-state index in [0.29, 0.717) is 24.0 Å². The number of methoxy groups -OCH3 is 1. The Bertz CT molecular complexity index is 977. The van der Waals surface area contributed by atoms with Gasteiger partial charge in [0.05, 0.1) is 19.4 Å². The Morgan fingerprint density at radius 2 is 1.74 bits per heavy atom. The number of nitrogens with zero attached hydrogens (tertiary/aromatic N) is 2. The number of amides is 2. The van der Waals surface area contributed by atoms with Crippen LogP contribution in [0, 0.1) is 0 Å². The number of carbonyl (C=O) groups excluding carboxylic acids is 2. The van der Waals surface area contributed by atoms with Gasteiger partial charge in [0.1, 0.15) is 16.7 Å². The first kappa shape index (κ1) is 25.6. The highest BCUT2D eigenvalue weighted by atomic mass is 32.2. The van der Waals surface area contributed by atoms with Gasteiger partial charge < -0.3 is 14.8 Å². The van der Waals surface area contributed by atoms with Crippen molar-refractivity contribution in [3.05, 3.63) is 48.5 Å². The molecule has 1 saturated heterocycles. The second kappa shape index (κ2) is 13.0. The molecule has 7 nitrogen and oxygen atoms in total. The van der Waals surface area contributed by atoms with Gasteiger partial charge in [0.2, 0.25) is 11.8 Å². The lowest BCUT2D eigenvalue weighted by molar-refractivity contribution is -0.128. The Balaban J connectivity index is 1.53. The van der Waals surface area contributed by atoms with Crippen molar-refractivity contribution in [3.63, 3.8) is 0 Å². The molecule has 1 aliphatic heterocycles. The molecule has 0 radical (unpaired) electrons. The van der Waals surface area contributed by atoms with Crippen LogP contribution in [0.1, 0.15) is 46.0 Å². The first-order valence-electron chi connectivity index (χ1n) is 11.8. The molecule has 1 atom stereocenters. The molecule has 1 N–H and O–H groups in total. The van der Waals surface area contributed by atoms with Gasteiger partial charge in [-0.25, -0.2) is 4.99 Å².